The van der Waals surface area contributed by atoms with E-state index in [2.05, 4.69) is 30.6 Å². The zero-order chi connectivity index (χ0) is 44.0. The number of benzene rings is 6. The standard InChI is InChI=1S/2C22H13ClF3N3O2/c2*23-21-27-10-9-19(29-21)31-16-7-8-17-13(11-16)3-1-6-18(17)20(30)28-15-5-2-4-14(12-15)22(24,25)26/h2*1-12H,(H,28,30). The van der Waals surface area contributed by atoms with Gasteiger partial charge >= 0.3 is 12.4 Å². The highest BCUT2D eigenvalue weighted by Gasteiger charge is 2.31. The number of hydrogen-bond acceptors (Lipinski definition) is 8. The summed E-state index contributed by atoms with van der Waals surface area (Å²) in [5.74, 6) is 0.411. The van der Waals surface area contributed by atoms with Crippen LogP contribution < -0.4 is 20.1 Å². The van der Waals surface area contributed by atoms with Crippen molar-refractivity contribution in [2.24, 2.45) is 0 Å². The SMILES string of the molecule is O=C(Nc1cccc(C(F)(F)F)c1)c1cccc2cc(Oc3ccnc(Cl)n3)ccc12.O=C(Nc1cccc(C(F)(F)F)c1)c1cccc2cc(Oc3ccnc(Cl)n3)ccc12. The fourth-order valence-corrected chi connectivity index (χ4v) is 6.26. The molecule has 6 aromatic carbocycles. The van der Waals surface area contributed by atoms with Crippen LogP contribution in [0, 0.1) is 0 Å². The molecule has 0 saturated heterocycles. The highest BCUT2D eigenvalue weighted by atomic mass is 35.5. The Morgan fingerprint density at radius 2 is 0.903 bits per heavy atom. The number of amides is 2. The van der Waals surface area contributed by atoms with Gasteiger partial charge in [0.25, 0.3) is 11.8 Å². The van der Waals surface area contributed by atoms with Gasteiger partial charge in [0, 0.05) is 47.0 Å². The number of carbonyl (C=O) groups is 2. The number of anilines is 2. The van der Waals surface area contributed by atoms with Crippen molar-refractivity contribution in [3.8, 4) is 23.3 Å². The highest BCUT2D eigenvalue weighted by molar-refractivity contribution is 6.28. The fourth-order valence-electron chi connectivity index (χ4n) is 5.98. The number of alkyl halides is 6. The molecule has 2 amide bonds. The summed E-state index contributed by atoms with van der Waals surface area (Å²) in [6.45, 7) is 0. The Hall–Kier alpha value is -7.30. The van der Waals surface area contributed by atoms with Gasteiger partial charge in [-0.15, -0.1) is 0 Å². The lowest BCUT2D eigenvalue weighted by atomic mass is 10.0. The topological polar surface area (TPSA) is 128 Å². The second-order valence-corrected chi connectivity index (χ2v) is 13.7. The van der Waals surface area contributed by atoms with Gasteiger partial charge in [-0.2, -0.15) is 36.3 Å². The van der Waals surface area contributed by atoms with Crippen molar-refractivity contribution in [3.63, 3.8) is 0 Å². The molecule has 0 aliphatic rings. The Balaban J connectivity index is 0.000000186. The zero-order valence-electron chi connectivity index (χ0n) is 31.3. The Labute approximate surface area is 357 Å². The van der Waals surface area contributed by atoms with Crippen molar-refractivity contribution in [1.82, 2.24) is 19.9 Å². The van der Waals surface area contributed by atoms with Crippen molar-refractivity contribution in [2.75, 3.05) is 10.6 Å². The number of nitrogens with zero attached hydrogens (tertiary/aromatic N) is 4. The van der Waals surface area contributed by atoms with Crippen molar-refractivity contribution < 1.29 is 45.4 Å². The molecule has 0 bridgehead atoms. The summed E-state index contributed by atoms with van der Waals surface area (Å²) < 4.78 is 88.8. The minimum atomic E-state index is -4.50. The second kappa shape index (κ2) is 18.1. The number of carbonyl (C=O) groups excluding carboxylic acids is 2. The highest BCUT2D eigenvalue weighted by Crippen LogP contribution is 2.33. The molecule has 312 valence electrons. The summed E-state index contributed by atoms with van der Waals surface area (Å²) in [5, 5.41) is 7.77. The lowest BCUT2D eigenvalue weighted by Gasteiger charge is -2.12. The zero-order valence-corrected chi connectivity index (χ0v) is 32.8. The van der Waals surface area contributed by atoms with E-state index in [1.807, 2.05) is 0 Å². The lowest BCUT2D eigenvalue weighted by Crippen LogP contribution is -2.13. The van der Waals surface area contributed by atoms with E-state index < -0.39 is 35.3 Å². The molecular formula is C44H26Cl2F6N6O4. The van der Waals surface area contributed by atoms with Crippen LogP contribution in [0.15, 0.2) is 146 Å². The van der Waals surface area contributed by atoms with Crippen LogP contribution in [0.25, 0.3) is 21.5 Å². The van der Waals surface area contributed by atoms with Crippen LogP contribution in [-0.2, 0) is 12.4 Å². The average Bonchev–Trinajstić information content (AvgIpc) is 3.23. The molecule has 0 unspecified atom stereocenters. The third-order valence-corrected chi connectivity index (χ3v) is 9.10. The minimum Gasteiger partial charge on any atom is -0.439 e. The Morgan fingerprint density at radius 3 is 1.29 bits per heavy atom. The number of nitrogens with one attached hydrogen (secondary N) is 2. The van der Waals surface area contributed by atoms with Gasteiger partial charge in [0.2, 0.25) is 22.3 Å². The molecule has 8 rings (SSSR count). The molecule has 62 heavy (non-hydrogen) atoms. The predicted molar refractivity (Wildman–Crippen MR) is 221 cm³/mol. The quantitative estimate of drug-likeness (QED) is 0.114. The molecular weight excluding hydrogens is 861 g/mol. The van der Waals surface area contributed by atoms with Crippen molar-refractivity contribution in [1.29, 1.82) is 0 Å². The molecule has 0 atom stereocenters. The number of ether oxygens (including phenoxy) is 2. The van der Waals surface area contributed by atoms with Crippen molar-refractivity contribution >= 4 is 67.9 Å². The van der Waals surface area contributed by atoms with Gasteiger partial charge in [0.1, 0.15) is 11.5 Å². The van der Waals surface area contributed by atoms with E-state index in [1.165, 1.54) is 36.7 Å². The van der Waals surface area contributed by atoms with Gasteiger partial charge in [-0.3, -0.25) is 9.59 Å². The van der Waals surface area contributed by atoms with E-state index in [9.17, 15) is 35.9 Å². The van der Waals surface area contributed by atoms with Gasteiger partial charge < -0.3 is 20.1 Å². The number of rotatable bonds is 8. The Morgan fingerprint density at radius 1 is 0.500 bits per heavy atom. The summed E-state index contributed by atoms with van der Waals surface area (Å²) in [6, 6.07) is 32.3. The molecule has 10 nitrogen and oxygen atoms in total. The van der Waals surface area contributed by atoms with Gasteiger partial charge in [-0.25, -0.2) is 9.97 Å². The summed E-state index contributed by atoms with van der Waals surface area (Å²) in [5.41, 5.74) is -0.947. The van der Waals surface area contributed by atoms with Gasteiger partial charge in [-0.05, 0) is 130 Å². The number of hydrogen-bond donors (Lipinski definition) is 2. The molecule has 0 spiro atoms. The molecule has 2 aromatic heterocycles. The fraction of sp³-hybridized carbons (Fsp3) is 0.0455. The lowest BCUT2D eigenvalue weighted by molar-refractivity contribution is -0.138. The third kappa shape index (κ3) is 10.7. The smallest absolute Gasteiger partial charge is 0.416 e. The van der Waals surface area contributed by atoms with Gasteiger partial charge in [0.15, 0.2) is 0 Å². The normalized spacial score (nSPS) is 11.4. The molecule has 2 heterocycles. The first-order valence-electron chi connectivity index (χ1n) is 17.9. The number of halogens is 8. The van der Waals surface area contributed by atoms with E-state index in [-0.39, 0.29) is 33.7 Å². The minimum absolute atomic E-state index is 0.0480. The monoisotopic (exact) mass is 886 g/mol. The van der Waals surface area contributed by atoms with Crippen LogP contribution in [-0.4, -0.2) is 31.8 Å². The maximum atomic E-state index is 12.9. The van der Waals surface area contributed by atoms with E-state index >= 15 is 0 Å². The first kappa shape index (κ1) is 42.8. The van der Waals surface area contributed by atoms with Crippen molar-refractivity contribution in [2.45, 2.75) is 12.4 Å². The number of aromatic nitrogens is 4. The first-order chi connectivity index (χ1) is 29.6. The maximum Gasteiger partial charge on any atom is 0.416 e. The molecule has 0 aliphatic carbocycles. The molecule has 8 aromatic rings. The van der Waals surface area contributed by atoms with Crippen LogP contribution in [0.5, 0.6) is 23.3 Å². The van der Waals surface area contributed by atoms with Crippen molar-refractivity contribution in [3.05, 3.63) is 179 Å². The van der Waals surface area contributed by atoms with E-state index in [0.717, 1.165) is 24.3 Å². The molecule has 0 saturated carbocycles. The summed E-state index contributed by atoms with van der Waals surface area (Å²) >= 11 is 11.5. The van der Waals surface area contributed by atoms with Gasteiger partial charge in [-0.1, -0.05) is 36.4 Å². The van der Waals surface area contributed by atoms with E-state index in [0.29, 0.717) is 44.2 Å². The Kier molecular flexibility index (Phi) is 12.5. The molecule has 0 fully saturated rings. The van der Waals surface area contributed by atoms with Crippen LogP contribution in [0.4, 0.5) is 37.7 Å². The maximum absolute atomic E-state index is 12.9. The van der Waals surface area contributed by atoms with E-state index in [4.69, 9.17) is 32.7 Å². The second-order valence-electron chi connectivity index (χ2n) is 13.0. The molecule has 0 aliphatic heterocycles. The first-order valence-corrected chi connectivity index (χ1v) is 18.7. The van der Waals surface area contributed by atoms with Crippen LogP contribution in [0.3, 0.4) is 0 Å². The third-order valence-electron chi connectivity index (χ3n) is 8.73. The average molecular weight is 888 g/mol. The van der Waals surface area contributed by atoms with Crippen LogP contribution >= 0.6 is 23.2 Å². The molecule has 18 heteroatoms. The summed E-state index contributed by atoms with van der Waals surface area (Å²) in [6.07, 6.45) is -6.07. The predicted octanol–water partition coefficient (Wildman–Crippen LogP) is 12.7. The van der Waals surface area contributed by atoms with Crippen LogP contribution in [0.2, 0.25) is 10.6 Å². The largest absolute Gasteiger partial charge is 0.439 e. The van der Waals surface area contributed by atoms with E-state index in [1.54, 1.807) is 84.9 Å². The Bertz CT molecular complexity index is 2750. The summed E-state index contributed by atoms with van der Waals surface area (Å²) in [4.78, 5) is 41.0. The molecule has 0 radical (unpaired) electrons. The number of fused-ring (bicyclic) bond motifs is 2. The van der Waals surface area contributed by atoms with Crippen LogP contribution in [0.1, 0.15) is 31.8 Å². The summed E-state index contributed by atoms with van der Waals surface area (Å²) in [7, 11) is 0. The molecule has 2 N–H and O–H groups in total. The van der Waals surface area contributed by atoms with Gasteiger partial charge in [0.05, 0.1) is 11.1 Å².